The van der Waals surface area contributed by atoms with Crippen LogP contribution in [0.15, 0.2) is 54.6 Å². The van der Waals surface area contributed by atoms with Crippen molar-refractivity contribution in [2.75, 3.05) is 17.7 Å². The highest BCUT2D eigenvalue weighted by molar-refractivity contribution is 6.34. The van der Waals surface area contributed by atoms with Crippen LogP contribution in [0.2, 0.25) is 5.02 Å². The van der Waals surface area contributed by atoms with E-state index in [0.29, 0.717) is 0 Å². The van der Waals surface area contributed by atoms with Crippen molar-refractivity contribution < 1.29 is 63.0 Å². The Labute approximate surface area is 234 Å². The summed E-state index contributed by atoms with van der Waals surface area (Å²) in [4.78, 5) is 25.6. The number of benzene rings is 3. The van der Waals surface area contributed by atoms with E-state index in [-0.39, 0.29) is 23.6 Å². The third kappa shape index (κ3) is 6.32. The molecule has 0 aliphatic heterocycles. The molecule has 3 rings (SSSR count). The number of amides is 2. The minimum absolute atomic E-state index is 0.168. The summed E-state index contributed by atoms with van der Waals surface area (Å²) >= 11 is 5.75. The highest BCUT2D eigenvalue weighted by Crippen LogP contribution is 2.55. The van der Waals surface area contributed by atoms with Crippen LogP contribution in [0.25, 0.3) is 0 Å². The molecule has 0 aliphatic rings. The van der Waals surface area contributed by atoms with Gasteiger partial charge in [-0.1, -0.05) is 29.8 Å². The monoisotopic (exact) mass is 632 g/mol. The molecule has 2 amide bonds. The van der Waals surface area contributed by atoms with Crippen LogP contribution < -0.4 is 20.1 Å². The van der Waals surface area contributed by atoms with Gasteiger partial charge in [0.25, 0.3) is 11.8 Å². The standard InChI is InChI=1S/C25H15ClF10N2O4/c1-41-19-13(6-4-8-16(19)37-20(39)12-5-2-3-7-15(12)27)21(40)38-18-14(26)9-11(10-17(18)42-22(28)29)23(30,24(31,32)33)25(34,35)36/h2-10,22H,1H3,(H,37,39)(H,38,40). The lowest BCUT2D eigenvalue weighted by atomic mass is 9.93. The number of hydrogen-bond donors (Lipinski definition) is 2. The van der Waals surface area contributed by atoms with Crippen LogP contribution in [0.5, 0.6) is 11.5 Å². The van der Waals surface area contributed by atoms with Gasteiger partial charge in [0.05, 0.1) is 28.9 Å². The molecule has 42 heavy (non-hydrogen) atoms. The summed E-state index contributed by atoms with van der Waals surface area (Å²) in [6.07, 6.45) is -13.2. The number of carbonyl (C=O) groups is 2. The van der Waals surface area contributed by atoms with E-state index in [1.807, 2.05) is 5.32 Å². The smallest absolute Gasteiger partial charge is 0.435 e. The molecule has 0 unspecified atom stereocenters. The molecule has 0 radical (unpaired) electrons. The van der Waals surface area contributed by atoms with Crippen LogP contribution in [-0.2, 0) is 5.67 Å². The summed E-state index contributed by atoms with van der Waals surface area (Å²) in [5.74, 6) is -5.10. The van der Waals surface area contributed by atoms with E-state index in [2.05, 4.69) is 10.1 Å². The molecule has 0 spiro atoms. The Morgan fingerprint density at radius 3 is 1.95 bits per heavy atom. The van der Waals surface area contributed by atoms with Crippen molar-refractivity contribution in [2.24, 2.45) is 0 Å². The fourth-order valence-electron chi connectivity index (χ4n) is 3.63. The van der Waals surface area contributed by atoms with Crippen LogP contribution in [-0.4, -0.2) is 37.9 Å². The quantitative estimate of drug-likeness (QED) is 0.248. The summed E-state index contributed by atoms with van der Waals surface area (Å²) in [6.45, 7) is -3.87. The molecule has 2 N–H and O–H groups in total. The molecule has 0 aliphatic carbocycles. The maximum atomic E-state index is 14.6. The highest BCUT2D eigenvalue weighted by Gasteiger charge is 2.73. The Kier molecular flexibility index (Phi) is 9.19. The fourth-order valence-corrected chi connectivity index (χ4v) is 3.89. The van der Waals surface area contributed by atoms with E-state index in [9.17, 15) is 53.5 Å². The Balaban J connectivity index is 2.06. The molecule has 6 nitrogen and oxygen atoms in total. The second-order valence-electron chi connectivity index (χ2n) is 8.14. The number of halogens is 11. The molecule has 226 valence electrons. The van der Waals surface area contributed by atoms with Gasteiger partial charge in [-0.2, -0.15) is 35.1 Å². The number of nitrogens with one attached hydrogen (secondary N) is 2. The molecule has 0 heterocycles. The summed E-state index contributed by atoms with van der Waals surface area (Å²) in [5.41, 5.74) is -10.4. The zero-order valence-electron chi connectivity index (χ0n) is 20.6. The van der Waals surface area contributed by atoms with Crippen molar-refractivity contribution in [3.8, 4) is 11.5 Å². The van der Waals surface area contributed by atoms with Gasteiger partial charge >= 0.3 is 24.6 Å². The number of methoxy groups -OCH3 is 1. The van der Waals surface area contributed by atoms with Crippen molar-refractivity contribution in [3.05, 3.63) is 82.1 Å². The number of anilines is 2. The molecular formula is C25H15ClF10N2O4. The van der Waals surface area contributed by atoms with Gasteiger partial charge in [-0.05, 0) is 36.4 Å². The molecule has 3 aromatic carbocycles. The second-order valence-corrected chi connectivity index (χ2v) is 8.55. The summed E-state index contributed by atoms with van der Waals surface area (Å²) in [6, 6.07) is 7.79. The largest absolute Gasteiger partial charge is 0.494 e. The Morgan fingerprint density at radius 1 is 0.833 bits per heavy atom. The third-order valence-electron chi connectivity index (χ3n) is 5.52. The van der Waals surface area contributed by atoms with E-state index in [4.69, 9.17) is 16.3 Å². The van der Waals surface area contributed by atoms with Crippen molar-refractivity contribution in [1.82, 2.24) is 0 Å². The maximum absolute atomic E-state index is 14.6. The molecule has 0 aromatic heterocycles. The lowest BCUT2D eigenvalue weighted by molar-refractivity contribution is -0.348. The topological polar surface area (TPSA) is 76.7 Å². The number of ether oxygens (including phenoxy) is 2. The molecule has 3 aromatic rings. The summed E-state index contributed by atoms with van der Waals surface area (Å²) in [5, 5.41) is 2.94. The van der Waals surface area contributed by atoms with E-state index < -0.39 is 75.4 Å². The number of rotatable bonds is 8. The van der Waals surface area contributed by atoms with Gasteiger partial charge in [0.15, 0.2) is 11.5 Å². The first-order valence-electron chi connectivity index (χ1n) is 11.1. The highest BCUT2D eigenvalue weighted by atomic mass is 35.5. The summed E-state index contributed by atoms with van der Waals surface area (Å²) in [7, 11) is 1.03. The Hall–Kier alpha value is -4.21. The Bertz CT molecular complexity index is 1480. The number of carbonyl (C=O) groups excluding carboxylic acids is 2. The average molecular weight is 633 g/mol. The third-order valence-corrected chi connectivity index (χ3v) is 5.82. The zero-order chi connectivity index (χ0) is 31.6. The molecule has 0 saturated carbocycles. The fraction of sp³-hybridized carbons (Fsp3) is 0.200. The van der Waals surface area contributed by atoms with Crippen LogP contribution in [0, 0.1) is 5.82 Å². The van der Waals surface area contributed by atoms with Gasteiger partial charge in [0, 0.05) is 5.56 Å². The van der Waals surface area contributed by atoms with Crippen LogP contribution in [0.1, 0.15) is 26.3 Å². The van der Waals surface area contributed by atoms with Gasteiger partial charge in [0.1, 0.15) is 11.5 Å². The van der Waals surface area contributed by atoms with Crippen LogP contribution >= 0.6 is 11.6 Å². The minimum Gasteiger partial charge on any atom is -0.494 e. The molecule has 17 heteroatoms. The van der Waals surface area contributed by atoms with Crippen LogP contribution in [0.4, 0.5) is 55.3 Å². The van der Waals surface area contributed by atoms with Gasteiger partial charge in [-0.3, -0.25) is 9.59 Å². The first-order valence-corrected chi connectivity index (χ1v) is 11.5. The zero-order valence-corrected chi connectivity index (χ0v) is 21.3. The van der Waals surface area contributed by atoms with E-state index in [1.54, 1.807) is 0 Å². The average Bonchev–Trinajstić information content (AvgIpc) is 2.88. The van der Waals surface area contributed by atoms with E-state index >= 15 is 0 Å². The van der Waals surface area contributed by atoms with Gasteiger partial charge in [0.2, 0.25) is 0 Å². The molecule has 0 saturated heterocycles. The Morgan fingerprint density at radius 2 is 1.40 bits per heavy atom. The number of hydrogen-bond acceptors (Lipinski definition) is 4. The first kappa shape index (κ1) is 32.3. The van der Waals surface area contributed by atoms with Gasteiger partial charge in [-0.15, -0.1) is 0 Å². The van der Waals surface area contributed by atoms with Crippen molar-refractivity contribution in [2.45, 2.75) is 24.6 Å². The lowest BCUT2D eigenvalue weighted by Gasteiger charge is -2.31. The number of para-hydroxylation sites is 1. The second kappa shape index (κ2) is 12.0. The normalized spacial score (nSPS) is 12.2. The molecule has 0 fully saturated rings. The predicted molar refractivity (Wildman–Crippen MR) is 128 cm³/mol. The molecular weight excluding hydrogens is 618 g/mol. The minimum atomic E-state index is -6.61. The van der Waals surface area contributed by atoms with Gasteiger partial charge in [-0.25, -0.2) is 8.78 Å². The van der Waals surface area contributed by atoms with Crippen molar-refractivity contribution >= 4 is 34.8 Å². The number of alkyl halides is 9. The predicted octanol–water partition coefficient (Wildman–Crippen LogP) is 7.88. The SMILES string of the molecule is COc1c(NC(=O)c2ccccc2F)cccc1C(=O)Nc1c(Cl)cc(C(F)(C(F)(F)F)C(F)(F)F)cc1OC(F)F. The first-order chi connectivity index (χ1) is 19.4. The van der Waals surface area contributed by atoms with Crippen molar-refractivity contribution in [3.63, 3.8) is 0 Å². The van der Waals surface area contributed by atoms with Crippen LogP contribution in [0.3, 0.4) is 0 Å². The summed E-state index contributed by atoms with van der Waals surface area (Å²) < 4.78 is 143. The lowest BCUT2D eigenvalue weighted by Crippen LogP contribution is -2.50. The maximum Gasteiger partial charge on any atom is 0.435 e. The van der Waals surface area contributed by atoms with Crippen molar-refractivity contribution in [1.29, 1.82) is 0 Å². The van der Waals surface area contributed by atoms with E-state index in [1.165, 1.54) is 24.3 Å². The van der Waals surface area contributed by atoms with Gasteiger partial charge < -0.3 is 20.1 Å². The molecule has 0 bridgehead atoms. The van der Waals surface area contributed by atoms with E-state index in [0.717, 1.165) is 25.3 Å². The molecule has 0 atom stereocenters.